The Balaban J connectivity index is 2.61. The Kier molecular flexibility index (Phi) is 2.40. The molecule has 0 nitrogen and oxygen atoms in total. The van der Waals surface area contributed by atoms with Gasteiger partial charge in [0, 0.05) is 16.5 Å². The summed E-state index contributed by atoms with van der Waals surface area (Å²) in [7, 11) is 0. The maximum absolute atomic E-state index is 13.3. The first-order valence-corrected chi connectivity index (χ1v) is 5.40. The molecule has 1 heterocycles. The molecule has 7 heteroatoms. The molecule has 0 fully saturated rings. The third-order valence-corrected chi connectivity index (χ3v) is 3.63. The van der Waals surface area contributed by atoms with Gasteiger partial charge in [-0.3, -0.25) is 0 Å². The molecule has 0 unspecified atom stereocenters. The van der Waals surface area contributed by atoms with Gasteiger partial charge in [0.25, 0.3) is 0 Å². The van der Waals surface area contributed by atoms with Crippen LogP contribution >= 0.6 is 11.3 Å². The van der Waals surface area contributed by atoms with E-state index in [-0.39, 0.29) is 16.5 Å². The maximum atomic E-state index is 13.3. The van der Waals surface area contributed by atoms with E-state index >= 15 is 0 Å². The van der Waals surface area contributed by atoms with Crippen LogP contribution in [0.15, 0.2) is 17.5 Å². The van der Waals surface area contributed by atoms with Crippen LogP contribution in [0.2, 0.25) is 0 Å². The first-order chi connectivity index (χ1) is 7.61. The van der Waals surface area contributed by atoms with Crippen molar-refractivity contribution in [3.8, 4) is 0 Å². The molecule has 0 saturated carbocycles. The second kappa shape index (κ2) is 3.28. The van der Waals surface area contributed by atoms with Crippen LogP contribution in [0.5, 0.6) is 0 Å². The van der Waals surface area contributed by atoms with Gasteiger partial charge in [0.1, 0.15) is 0 Å². The Morgan fingerprint density at radius 3 is 2.00 bits per heavy atom. The standard InChI is InChI=1S/C10H6F6S/c1-5-2-3-17-7(5)6-4-8(11,12)10(15,16)9(6,13)14/h2-4H,1H3. The Morgan fingerprint density at radius 1 is 1.06 bits per heavy atom. The van der Waals surface area contributed by atoms with E-state index in [4.69, 9.17) is 0 Å². The van der Waals surface area contributed by atoms with E-state index in [1.165, 1.54) is 18.4 Å². The average Bonchev–Trinajstić information content (AvgIpc) is 2.63. The summed E-state index contributed by atoms with van der Waals surface area (Å²) >= 11 is 0.736. The first kappa shape index (κ1) is 12.5. The summed E-state index contributed by atoms with van der Waals surface area (Å²) in [6.07, 6.45) is -0.328. The zero-order valence-electron chi connectivity index (χ0n) is 8.41. The van der Waals surface area contributed by atoms with Gasteiger partial charge < -0.3 is 0 Å². The summed E-state index contributed by atoms with van der Waals surface area (Å²) in [5.41, 5.74) is -1.02. The molecule has 0 bridgehead atoms. The minimum atomic E-state index is -5.38. The molecule has 94 valence electrons. The number of aryl methyl sites for hydroxylation is 1. The molecule has 0 spiro atoms. The molecule has 1 aliphatic carbocycles. The van der Waals surface area contributed by atoms with Crippen molar-refractivity contribution in [2.45, 2.75) is 24.7 Å². The van der Waals surface area contributed by atoms with E-state index in [9.17, 15) is 26.3 Å². The van der Waals surface area contributed by atoms with E-state index < -0.39 is 23.3 Å². The van der Waals surface area contributed by atoms with E-state index in [0.29, 0.717) is 0 Å². The van der Waals surface area contributed by atoms with E-state index in [1.54, 1.807) is 0 Å². The summed E-state index contributed by atoms with van der Waals surface area (Å²) in [6.45, 7) is 1.40. The highest BCUT2D eigenvalue weighted by molar-refractivity contribution is 7.11. The number of thiophene rings is 1. The minimum absolute atomic E-state index is 0.230. The van der Waals surface area contributed by atoms with Crippen molar-refractivity contribution in [3.05, 3.63) is 28.0 Å². The van der Waals surface area contributed by atoms with Crippen LogP contribution in [-0.4, -0.2) is 17.8 Å². The molecular formula is C10H6F6S. The largest absolute Gasteiger partial charge is 0.380 e. The van der Waals surface area contributed by atoms with Crippen molar-refractivity contribution in [1.82, 2.24) is 0 Å². The van der Waals surface area contributed by atoms with Crippen LogP contribution in [0.25, 0.3) is 5.57 Å². The van der Waals surface area contributed by atoms with Crippen LogP contribution < -0.4 is 0 Å². The molecule has 0 aromatic carbocycles. The van der Waals surface area contributed by atoms with Gasteiger partial charge in [-0.05, 0) is 23.9 Å². The zero-order valence-corrected chi connectivity index (χ0v) is 9.22. The molecule has 0 N–H and O–H groups in total. The van der Waals surface area contributed by atoms with Crippen molar-refractivity contribution in [3.63, 3.8) is 0 Å². The van der Waals surface area contributed by atoms with Crippen LogP contribution in [0, 0.1) is 6.92 Å². The Labute approximate surface area is 96.6 Å². The molecule has 17 heavy (non-hydrogen) atoms. The number of alkyl halides is 6. The van der Waals surface area contributed by atoms with Gasteiger partial charge in [-0.1, -0.05) is 0 Å². The predicted octanol–water partition coefficient (Wildman–Crippen LogP) is 4.36. The lowest BCUT2D eigenvalue weighted by atomic mass is 10.1. The Morgan fingerprint density at radius 2 is 1.65 bits per heavy atom. The second-order valence-corrected chi connectivity index (χ2v) is 4.68. The highest BCUT2D eigenvalue weighted by Crippen LogP contribution is 2.59. The maximum Gasteiger partial charge on any atom is 0.380 e. The van der Waals surface area contributed by atoms with Crippen LogP contribution in [-0.2, 0) is 0 Å². The summed E-state index contributed by atoms with van der Waals surface area (Å²) in [5, 5.41) is 1.39. The zero-order chi connectivity index (χ0) is 13.1. The monoisotopic (exact) mass is 272 g/mol. The van der Waals surface area contributed by atoms with E-state index in [1.807, 2.05) is 0 Å². The summed E-state index contributed by atoms with van der Waals surface area (Å²) < 4.78 is 78.3. The lowest BCUT2D eigenvalue weighted by molar-refractivity contribution is -0.257. The van der Waals surface area contributed by atoms with Crippen molar-refractivity contribution in [2.75, 3.05) is 0 Å². The van der Waals surface area contributed by atoms with Crippen molar-refractivity contribution < 1.29 is 26.3 Å². The molecule has 1 aromatic rings. The second-order valence-electron chi connectivity index (χ2n) is 3.76. The molecular weight excluding hydrogens is 266 g/mol. The number of allylic oxidation sites excluding steroid dienone is 2. The Bertz CT molecular complexity index is 485. The molecule has 0 atom stereocenters. The van der Waals surface area contributed by atoms with Gasteiger partial charge in [0.2, 0.25) is 0 Å². The fourth-order valence-electron chi connectivity index (χ4n) is 1.60. The summed E-state index contributed by atoms with van der Waals surface area (Å²) in [6, 6.07) is 1.41. The molecule has 1 aliphatic rings. The van der Waals surface area contributed by atoms with Crippen molar-refractivity contribution in [1.29, 1.82) is 0 Å². The van der Waals surface area contributed by atoms with Crippen LogP contribution in [0.4, 0.5) is 26.3 Å². The van der Waals surface area contributed by atoms with Crippen LogP contribution in [0.1, 0.15) is 10.4 Å². The van der Waals surface area contributed by atoms with Gasteiger partial charge in [-0.2, -0.15) is 26.3 Å². The van der Waals surface area contributed by atoms with Crippen LogP contribution in [0.3, 0.4) is 0 Å². The number of rotatable bonds is 1. The smallest absolute Gasteiger partial charge is 0.195 e. The molecule has 0 aliphatic heterocycles. The topological polar surface area (TPSA) is 0 Å². The van der Waals surface area contributed by atoms with E-state index in [0.717, 1.165) is 11.3 Å². The highest BCUT2D eigenvalue weighted by atomic mass is 32.1. The SMILES string of the molecule is Cc1ccsc1C1=CC(F)(F)C(F)(F)C1(F)F. The van der Waals surface area contributed by atoms with Gasteiger partial charge in [-0.15, -0.1) is 11.3 Å². The fourth-order valence-corrected chi connectivity index (χ4v) is 2.57. The summed E-state index contributed by atoms with van der Waals surface area (Å²) in [5.74, 6) is -15.1. The predicted molar refractivity (Wildman–Crippen MR) is 51.9 cm³/mol. The third kappa shape index (κ3) is 1.44. The Hall–Kier alpha value is -0.980. The molecule has 0 saturated heterocycles. The number of hydrogen-bond donors (Lipinski definition) is 0. The lowest BCUT2D eigenvalue weighted by Crippen LogP contribution is -2.48. The summed E-state index contributed by atoms with van der Waals surface area (Å²) in [4.78, 5) is -0.230. The first-order valence-electron chi connectivity index (χ1n) is 4.52. The molecule has 0 amide bonds. The number of hydrogen-bond acceptors (Lipinski definition) is 1. The van der Waals surface area contributed by atoms with Gasteiger partial charge >= 0.3 is 17.8 Å². The third-order valence-electron chi connectivity index (χ3n) is 2.58. The van der Waals surface area contributed by atoms with Gasteiger partial charge in [-0.25, -0.2) is 0 Å². The lowest BCUT2D eigenvalue weighted by Gasteiger charge is -2.25. The quantitative estimate of drug-likeness (QED) is 0.666. The van der Waals surface area contributed by atoms with Gasteiger partial charge in [0.15, 0.2) is 0 Å². The highest BCUT2D eigenvalue weighted by Gasteiger charge is 2.76. The number of halogens is 6. The minimum Gasteiger partial charge on any atom is -0.195 e. The fraction of sp³-hybridized carbons (Fsp3) is 0.400. The molecule has 1 aromatic heterocycles. The molecule has 2 rings (SSSR count). The van der Waals surface area contributed by atoms with Gasteiger partial charge in [0.05, 0.1) is 0 Å². The normalized spacial score (nSPS) is 24.8. The molecule has 0 radical (unpaired) electrons. The average molecular weight is 272 g/mol. The van der Waals surface area contributed by atoms with E-state index in [2.05, 4.69) is 0 Å². The van der Waals surface area contributed by atoms with Crippen molar-refractivity contribution >= 4 is 16.9 Å². The van der Waals surface area contributed by atoms with Crippen molar-refractivity contribution in [2.24, 2.45) is 0 Å².